The SMILES string of the molecule is Cc1cc(Cl)c2c(c1)NCCC(=O)N2C. The molecule has 3 nitrogen and oxygen atoms in total. The van der Waals surface area contributed by atoms with Gasteiger partial charge in [0.25, 0.3) is 0 Å². The van der Waals surface area contributed by atoms with Crippen LogP contribution in [0.25, 0.3) is 0 Å². The molecule has 0 saturated carbocycles. The number of rotatable bonds is 0. The van der Waals surface area contributed by atoms with Crippen molar-refractivity contribution in [3.8, 4) is 0 Å². The maximum Gasteiger partial charge on any atom is 0.228 e. The minimum Gasteiger partial charge on any atom is -0.383 e. The fourth-order valence-electron chi connectivity index (χ4n) is 1.81. The lowest BCUT2D eigenvalue weighted by Gasteiger charge is -2.19. The summed E-state index contributed by atoms with van der Waals surface area (Å²) in [4.78, 5) is 13.3. The summed E-state index contributed by atoms with van der Waals surface area (Å²) in [6.45, 7) is 2.65. The zero-order chi connectivity index (χ0) is 11.0. The zero-order valence-corrected chi connectivity index (χ0v) is 9.56. The van der Waals surface area contributed by atoms with Gasteiger partial charge in [0.05, 0.1) is 16.4 Å². The average molecular weight is 225 g/mol. The molecule has 1 aromatic rings. The van der Waals surface area contributed by atoms with Crippen LogP contribution in [0.2, 0.25) is 5.02 Å². The molecule has 2 rings (SSSR count). The van der Waals surface area contributed by atoms with Gasteiger partial charge in [-0.05, 0) is 24.6 Å². The summed E-state index contributed by atoms with van der Waals surface area (Å²) < 4.78 is 0. The van der Waals surface area contributed by atoms with Gasteiger partial charge in [-0.15, -0.1) is 0 Å². The molecule has 0 aliphatic carbocycles. The van der Waals surface area contributed by atoms with E-state index in [2.05, 4.69) is 5.32 Å². The van der Waals surface area contributed by atoms with Crippen LogP contribution < -0.4 is 10.2 Å². The standard InChI is InChI=1S/C11H13ClN2O/c1-7-5-8(12)11-9(6-7)13-4-3-10(15)14(11)2/h5-6,13H,3-4H2,1-2H3. The van der Waals surface area contributed by atoms with E-state index in [1.807, 2.05) is 19.1 Å². The van der Waals surface area contributed by atoms with Crippen molar-refractivity contribution in [2.24, 2.45) is 0 Å². The predicted octanol–water partition coefficient (Wildman–Crippen LogP) is 2.43. The van der Waals surface area contributed by atoms with E-state index in [9.17, 15) is 4.79 Å². The summed E-state index contributed by atoms with van der Waals surface area (Å²) in [5.74, 6) is 0.0898. The number of amides is 1. The number of hydrogen-bond acceptors (Lipinski definition) is 2. The molecular weight excluding hydrogens is 212 g/mol. The number of halogens is 1. The van der Waals surface area contributed by atoms with Crippen LogP contribution in [0, 0.1) is 6.92 Å². The van der Waals surface area contributed by atoms with Crippen LogP contribution in [0.3, 0.4) is 0 Å². The summed E-state index contributed by atoms with van der Waals surface area (Å²) in [6, 6.07) is 3.88. The van der Waals surface area contributed by atoms with Gasteiger partial charge in [-0.2, -0.15) is 0 Å². The molecule has 1 N–H and O–H groups in total. The van der Waals surface area contributed by atoms with Gasteiger partial charge in [-0.3, -0.25) is 4.79 Å². The minimum atomic E-state index is 0.0898. The van der Waals surface area contributed by atoms with E-state index >= 15 is 0 Å². The Bertz CT molecular complexity index is 417. The summed E-state index contributed by atoms with van der Waals surface area (Å²) >= 11 is 6.15. The Morgan fingerprint density at radius 1 is 1.47 bits per heavy atom. The van der Waals surface area contributed by atoms with E-state index in [1.54, 1.807) is 11.9 Å². The molecule has 1 aliphatic heterocycles. The summed E-state index contributed by atoms with van der Waals surface area (Å²) in [7, 11) is 1.76. The van der Waals surface area contributed by atoms with Crippen LogP contribution in [0.5, 0.6) is 0 Å². The van der Waals surface area contributed by atoms with E-state index in [-0.39, 0.29) is 5.91 Å². The molecule has 0 saturated heterocycles. The first-order valence-corrected chi connectivity index (χ1v) is 5.28. The van der Waals surface area contributed by atoms with E-state index in [0.717, 1.165) is 16.9 Å². The highest BCUT2D eigenvalue weighted by Gasteiger charge is 2.21. The molecule has 0 atom stereocenters. The normalized spacial score (nSPS) is 15.7. The van der Waals surface area contributed by atoms with Crippen LogP contribution >= 0.6 is 11.6 Å². The average Bonchev–Trinajstić information content (AvgIpc) is 2.27. The van der Waals surface area contributed by atoms with Crippen molar-refractivity contribution >= 4 is 28.9 Å². The van der Waals surface area contributed by atoms with E-state index in [1.165, 1.54) is 0 Å². The molecule has 80 valence electrons. The highest BCUT2D eigenvalue weighted by atomic mass is 35.5. The van der Waals surface area contributed by atoms with Crippen LogP contribution in [0.4, 0.5) is 11.4 Å². The quantitative estimate of drug-likeness (QED) is 0.734. The molecule has 0 radical (unpaired) electrons. The number of anilines is 2. The molecule has 4 heteroatoms. The van der Waals surface area contributed by atoms with E-state index < -0.39 is 0 Å². The third kappa shape index (κ3) is 1.79. The fourth-order valence-corrected chi connectivity index (χ4v) is 2.21. The number of fused-ring (bicyclic) bond motifs is 1. The van der Waals surface area contributed by atoms with Gasteiger partial charge in [0.15, 0.2) is 0 Å². The zero-order valence-electron chi connectivity index (χ0n) is 8.80. The third-order valence-corrected chi connectivity index (χ3v) is 2.86. The second kappa shape index (κ2) is 3.74. The van der Waals surface area contributed by atoms with Crippen molar-refractivity contribution in [3.63, 3.8) is 0 Å². The first-order valence-electron chi connectivity index (χ1n) is 4.90. The van der Waals surface area contributed by atoms with Gasteiger partial charge >= 0.3 is 0 Å². The lowest BCUT2D eigenvalue weighted by atomic mass is 10.2. The molecule has 0 bridgehead atoms. The van der Waals surface area contributed by atoms with Gasteiger partial charge in [0.1, 0.15) is 0 Å². The molecule has 0 spiro atoms. The Kier molecular flexibility index (Phi) is 2.57. The van der Waals surface area contributed by atoms with Crippen molar-refractivity contribution in [1.29, 1.82) is 0 Å². The predicted molar refractivity (Wildman–Crippen MR) is 62.7 cm³/mol. The number of carbonyl (C=O) groups is 1. The summed E-state index contributed by atoms with van der Waals surface area (Å²) in [6.07, 6.45) is 0.501. The smallest absolute Gasteiger partial charge is 0.228 e. The van der Waals surface area contributed by atoms with Gasteiger partial charge in [-0.1, -0.05) is 11.6 Å². The molecule has 0 unspecified atom stereocenters. The van der Waals surface area contributed by atoms with Crippen molar-refractivity contribution in [3.05, 3.63) is 22.7 Å². The van der Waals surface area contributed by atoms with Gasteiger partial charge < -0.3 is 10.2 Å². The van der Waals surface area contributed by atoms with Crippen molar-refractivity contribution in [2.75, 3.05) is 23.8 Å². The Hall–Kier alpha value is -1.22. The first kappa shape index (κ1) is 10.3. The molecule has 15 heavy (non-hydrogen) atoms. The van der Waals surface area contributed by atoms with Crippen molar-refractivity contribution in [2.45, 2.75) is 13.3 Å². The molecule has 1 amide bonds. The lowest BCUT2D eigenvalue weighted by molar-refractivity contribution is -0.118. The highest BCUT2D eigenvalue weighted by molar-refractivity contribution is 6.34. The number of nitrogens with one attached hydrogen (secondary N) is 1. The minimum absolute atomic E-state index is 0.0898. The van der Waals surface area contributed by atoms with E-state index in [4.69, 9.17) is 11.6 Å². The van der Waals surface area contributed by atoms with Crippen molar-refractivity contribution < 1.29 is 4.79 Å². The Labute approximate surface area is 94.0 Å². The number of benzene rings is 1. The van der Waals surface area contributed by atoms with Crippen molar-refractivity contribution in [1.82, 2.24) is 0 Å². The van der Waals surface area contributed by atoms with Crippen LogP contribution in [0.15, 0.2) is 12.1 Å². The highest BCUT2D eigenvalue weighted by Crippen LogP contribution is 2.36. The summed E-state index contributed by atoms with van der Waals surface area (Å²) in [5.41, 5.74) is 2.81. The summed E-state index contributed by atoms with van der Waals surface area (Å²) in [5, 5.41) is 3.84. The molecule has 0 aromatic heterocycles. The second-order valence-electron chi connectivity index (χ2n) is 3.77. The maximum absolute atomic E-state index is 11.6. The fraction of sp³-hybridized carbons (Fsp3) is 0.364. The molecule has 1 aromatic carbocycles. The monoisotopic (exact) mass is 224 g/mol. The molecular formula is C11H13ClN2O. The number of hydrogen-bond donors (Lipinski definition) is 1. The molecule has 1 aliphatic rings. The van der Waals surface area contributed by atoms with Crippen LogP contribution in [-0.4, -0.2) is 19.5 Å². The first-order chi connectivity index (χ1) is 7.09. The Balaban J connectivity index is 2.58. The molecule has 1 heterocycles. The molecule has 0 fully saturated rings. The van der Waals surface area contributed by atoms with Gasteiger partial charge in [-0.25, -0.2) is 0 Å². The Morgan fingerprint density at radius 2 is 2.20 bits per heavy atom. The second-order valence-corrected chi connectivity index (χ2v) is 4.18. The third-order valence-electron chi connectivity index (χ3n) is 2.57. The largest absolute Gasteiger partial charge is 0.383 e. The van der Waals surface area contributed by atoms with Crippen LogP contribution in [0.1, 0.15) is 12.0 Å². The number of aryl methyl sites for hydroxylation is 1. The maximum atomic E-state index is 11.6. The van der Waals surface area contributed by atoms with Crippen LogP contribution in [-0.2, 0) is 4.79 Å². The number of nitrogens with zero attached hydrogens (tertiary/aromatic N) is 1. The lowest BCUT2D eigenvalue weighted by Crippen LogP contribution is -2.25. The van der Waals surface area contributed by atoms with Gasteiger partial charge in [0.2, 0.25) is 5.91 Å². The van der Waals surface area contributed by atoms with E-state index in [0.29, 0.717) is 18.0 Å². The number of carbonyl (C=O) groups excluding carboxylic acids is 1. The topological polar surface area (TPSA) is 32.3 Å². The van der Waals surface area contributed by atoms with Gasteiger partial charge in [0, 0.05) is 20.0 Å². The Morgan fingerprint density at radius 3 is 2.93 bits per heavy atom.